The highest BCUT2D eigenvalue weighted by molar-refractivity contribution is 5.96. The smallest absolute Gasteiger partial charge is 0.375 e. The first kappa shape index (κ1) is 18.0. The lowest BCUT2D eigenvalue weighted by molar-refractivity contribution is -0.124. The number of nitrogens with one attached hydrogen (secondary N) is 1. The Morgan fingerprint density at radius 1 is 1.29 bits per heavy atom. The molecule has 0 aliphatic heterocycles. The molecule has 2 rings (SSSR count). The van der Waals surface area contributed by atoms with Crippen molar-refractivity contribution in [3.63, 3.8) is 0 Å². The van der Waals surface area contributed by atoms with Gasteiger partial charge in [-0.1, -0.05) is 31.5 Å². The largest absolute Gasteiger partial charge is 0.450 e. The van der Waals surface area contributed by atoms with Crippen molar-refractivity contribution < 1.29 is 23.5 Å². The third kappa shape index (κ3) is 4.35. The minimum atomic E-state index is -0.670. The summed E-state index contributed by atoms with van der Waals surface area (Å²) < 4.78 is 15.8. The van der Waals surface area contributed by atoms with Crippen LogP contribution in [0.25, 0.3) is 11.0 Å². The Morgan fingerprint density at radius 3 is 2.75 bits per heavy atom. The van der Waals surface area contributed by atoms with Gasteiger partial charge in [0, 0.05) is 24.1 Å². The fourth-order valence-corrected chi connectivity index (χ4v) is 2.57. The summed E-state index contributed by atoms with van der Waals surface area (Å²) in [6, 6.07) is 7.35. The van der Waals surface area contributed by atoms with Crippen LogP contribution in [0.1, 0.15) is 42.8 Å². The van der Waals surface area contributed by atoms with Crippen LogP contribution in [-0.2, 0) is 20.9 Å². The van der Waals surface area contributed by atoms with Crippen molar-refractivity contribution in [3.8, 4) is 0 Å². The molecule has 2 aromatic rings. The average molecular weight is 333 g/mol. The molecule has 0 fully saturated rings. The number of carbonyl (C=O) groups is 2. The quantitative estimate of drug-likeness (QED) is 0.751. The van der Waals surface area contributed by atoms with Crippen LogP contribution in [-0.4, -0.2) is 31.6 Å². The van der Waals surface area contributed by atoms with Gasteiger partial charge in [0.2, 0.25) is 5.76 Å². The van der Waals surface area contributed by atoms with E-state index in [9.17, 15) is 9.59 Å². The number of hydrogen-bond acceptors (Lipinski definition) is 5. The van der Waals surface area contributed by atoms with Gasteiger partial charge in [-0.25, -0.2) is 4.79 Å². The predicted octanol–water partition coefficient (Wildman–Crippen LogP) is 3.04. The van der Waals surface area contributed by atoms with Crippen molar-refractivity contribution in [1.29, 1.82) is 0 Å². The number of rotatable bonds is 8. The fourth-order valence-electron chi connectivity index (χ4n) is 2.57. The molecule has 0 radical (unpaired) electrons. The summed E-state index contributed by atoms with van der Waals surface area (Å²) in [5.74, 6) is -0.919. The summed E-state index contributed by atoms with van der Waals surface area (Å²) >= 11 is 0. The van der Waals surface area contributed by atoms with Crippen LogP contribution in [0.15, 0.2) is 28.7 Å². The zero-order valence-corrected chi connectivity index (χ0v) is 14.3. The van der Waals surface area contributed by atoms with E-state index in [4.69, 9.17) is 13.9 Å². The molecule has 1 heterocycles. The molecule has 0 unspecified atom stereocenters. The number of carbonyl (C=O) groups excluding carboxylic acids is 2. The van der Waals surface area contributed by atoms with Gasteiger partial charge < -0.3 is 19.2 Å². The summed E-state index contributed by atoms with van der Waals surface area (Å²) in [5, 5.41) is 3.58. The van der Waals surface area contributed by atoms with E-state index in [1.54, 1.807) is 13.2 Å². The molecule has 0 bridgehead atoms. The maximum absolute atomic E-state index is 12.3. The minimum absolute atomic E-state index is 0.0523. The molecule has 0 saturated heterocycles. The number of methoxy groups -OCH3 is 1. The Labute approximate surface area is 141 Å². The molecular weight excluding hydrogens is 310 g/mol. The van der Waals surface area contributed by atoms with Crippen LogP contribution in [0, 0.1) is 0 Å². The van der Waals surface area contributed by atoms with Crippen molar-refractivity contribution in [2.24, 2.45) is 0 Å². The lowest BCUT2D eigenvalue weighted by atomic mass is 10.1. The number of esters is 1. The van der Waals surface area contributed by atoms with Crippen molar-refractivity contribution in [1.82, 2.24) is 5.32 Å². The molecule has 24 heavy (non-hydrogen) atoms. The zero-order chi connectivity index (χ0) is 17.5. The second-order valence-corrected chi connectivity index (χ2v) is 5.67. The van der Waals surface area contributed by atoms with Gasteiger partial charge in [-0.15, -0.1) is 0 Å². The molecule has 1 N–H and O–H groups in total. The minimum Gasteiger partial charge on any atom is -0.450 e. The van der Waals surface area contributed by atoms with Crippen LogP contribution < -0.4 is 5.32 Å². The molecule has 130 valence electrons. The van der Waals surface area contributed by atoms with E-state index in [-0.39, 0.29) is 30.9 Å². The third-order valence-electron chi connectivity index (χ3n) is 3.64. The molecule has 1 aromatic carbocycles. The molecule has 0 aliphatic rings. The summed E-state index contributed by atoms with van der Waals surface area (Å²) in [4.78, 5) is 24.1. The highest BCUT2D eigenvalue weighted by Crippen LogP contribution is 2.27. The number of para-hydroxylation sites is 1. The fraction of sp³-hybridized carbons (Fsp3) is 0.444. The molecular formula is C18H23NO5. The normalized spacial score (nSPS) is 12.1. The predicted molar refractivity (Wildman–Crippen MR) is 89.7 cm³/mol. The Balaban J connectivity index is 2.05. The molecule has 1 amide bonds. The van der Waals surface area contributed by atoms with Crippen LogP contribution in [0.3, 0.4) is 0 Å². The molecule has 0 aliphatic carbocycles. The highest BCUT2D eigenvalue weighted by atomic mass is 16.5. The molecule has 6 nitrogen and oxygen atoms in total. The first-order chi connectivity index (χ1) is 11.6. The Kier molecular flexibility index (Phi) is 6.37. The lowest BCUT2D eigenvalue weighted by Crippen LogP contribution is -2.35. The van der Waals surface area contributed by atoms with Crippen molar-refractivity contribution in [2.75, 3.05) is 13.7 Å². The zero-order valence-electron chi connectivity index (χ0n) is 14.3. The summed E-state index contributed by atoms with van der Waals surface area (Å²) in [7, 11) is 1.54. The van der Waals surface area contributed by atoms with E-state index >= 15 is 0 Å². The SMILES string of the molecule is CCC[C@H](C)NC(=O)COC(=O)c1oc2ccccc2c1COC. The maximum Gasteiger partial charge on any atom is 0.375 e. The van der Waals surface area contributed by atoms with Gasteiger partial charge in [-0.3, -0.25) is 4.79 Å². The number of ether oxygens (including phenoxy) is 2. The van der Waals surface area contributed by atoms with E-state index < -0.39 is 5.97 Å². The van der Waals surface area contributed by atoms with Gasteiger partial charge >= 0.3 is 5.97 Å². The van der Waals surface area contributed by atoms with Crippen LogP contribution in [0.4, 0.5) is 0 Å². The summed E-state index contributed by atoms with van der Waals surface area (Å²) in [6.07, 6.45) is 1.85. The monoisotopic (exact) mass is 333 g/mol. The average Bonchev–Trinajstić information content (AvgIpc) is 2.92. The topological polar surface area (TPSA) is 77.8 Å². The van der Waals surface area contributed by atoms with Gasteiger partial charge in [0.15, 0.2) is 6.61 Å². The number of fused-ring (bicyclic) bond motifs is 1. The second kappa shape index (κ2) is 8.49. The van der Waals surface area contributed by atoms with E-state index in [0.29, 0.717) is 11.1 Å². The van der Waals surface area contributed by atoms with Gasteiger partial charge in [-0.05, 0) is 19.4 Å². The number of hydrogen-bond donors (Lipinski definition) is 1. The molecule has 0 spiro atoms. The van der Waals surface area contributed by atoms with Crippen LogP contribution in [0.5, 0.6) is 0 Å². The number of furan rings is 1. The lowest BCUT2D eigenvalue weighted by Gasteiger charge is -2.12. The van der Waals surface area contributed by atoms with Gasteiger partial charge in [0.05, 0.1) is 6.61 Å². The Hall–Kier alpha value is -2.34. The van der Waals surface area contributed by atoms with Crippen molar-refractivity contribution >= 4 is 22.8 Å². The van der Waals surface area contributed by atoms with Crippen LogP contribution >= 0.6 is 0 Å². The van der Waals surface area contributed by atoms with Crippen LogP contribution in [0.2, 0.25) is 0 Å². The Morgan fingerprint density at radius 2 is 2.04 bits per heavy atom. The molecule has 1 atom stereocenters. The highest BCUT2D eigenvalue weighted by Gasteiger charge is 2.22. The first-order valence-corrected chi connectivity index (χ1v) is 8.02. The maximum atomic E-state index is 12.3. The van der Waals surface area contributed by atoms with Crippen molar-refractivity contribution in [3.05, 3.63) is 35.6 Å². The Bertz CT molecular complexity index is 706. The van der Waals surface area contributed by atoms with Gasteiger partial charge in [-0.2, -0.15) is 0 Å². The van der Waals surface area contributed by atoms with Gasteiger partial charge in [0.25, 0.3) is 5.91 Å². The van der Waals surface area contributed by atoms with Gasteiger partial charge in [0.1, 0.15) is 5.58 Å². The molecule has 6 heteroatoms. The van der Waals surface area contributed by atoms with E-state index in [0.717, 1.165) is 18.2 Å². The number of amides is 1. The third-order valence-corrected chi connectivity index (χ3v) is 3.64. The van der Waals surface area contributed by atoms with E-state index in [1.807, 2.05) is 32.0 Å². The number of benzene rings is 1. The summed E-state index contributed by atoms with van der Waals surface area (Å²) in [5.41, 5.74) is 1.20. The first-order valence-electron chi connectivity index (χ1n) is 8.02. The molecule has 1 aromatic heterocycles. The summed E-state index contributed by atoms with van der Waals surface area (Å²) in [6.45, 7) is 3.85. The van der Waals surface area contributed by atoms with E-state index in [2.05, 4.69) is 5.32 Å². The molecule has 0 saturated carbocycles. The second-order valence-electron chi connectivity index (χ2n) is 5.67. The van der Waals surface area contributed by atoms with E-state index in [1.165, 1.54) is 0 Å². The standard InChI is InChI=1S/C18H23NO5/c1-4-7-12(2)19-16(20)11-23-18(21)17-14(10-22-3)13-8-5-6-9-15(13)24-17/h5-6,8-9,12H,4,7,10-11H2,1-3H3,(H,19,20)/t12-/m0/s1. The van der Waals surface area contributed by atoms with Crippen molar-refractivity contribution in [2.45, 2.75) is 39.3 Å².